The monoisotopic (exact) mass is 188 g/mol. The van der Waals surface area contributed by atoms with E-state index in [1.165, 1.54) is 0 Å². The molecule has 0 aromatic carbocycles. The fourth-order valence-electron chi connectivity index (χ4n) is 1.09. The van der Waals surface area contributed by atoms with Gasteiger partial charge in [0.15, 0.2) is 0 Å². The van der Waals surface area contributed by atoms with Gasteiger partial charge in [0.2, 0.25) is 0 Å². The lowest BCUT2D eigenvalue weighted by molar-refractivity contribution is -0.153. The number of carboxylic acids is 1. The largest absolute Gasteiger partial charge is 0.481 e. The third-order valence-corrected chi connectivity index (χ3v) is 2.47. The Balaban J connectivity index is 3.94. The Labute approximate surface area is 79.8 Å². The highest BCUT2D eigenvalue weighted by Crippen LogP contribution is 2.24. The van der Waals surface area contributed by atoms with Gasteiger partial charge in [-0.25, -0.2) is 0 Å². The number of aliphatic hydroxyl groups is 1. The summed E-state index contributed by atoms with van der Waals surface area (Å²) in [7, 11) is 0. The summed E-state index contributed by atoms with van der Waals surface area (Å²) in [5.41, 5.74) is -1.02. The minimum Gasteiger partial charge on any atom is -0.481 e. The van der Waals surface area contributed by atoms with Crippen LogP contribution < -0.4 is 0 Å². The Hall–Kier alpha value is -0.570. The second-order valence-corrected chi connectivity index (χ2v) is 4.04. The summed E-state index contributed by atoms with van der Waals surface area (Å²) in [5.74, 6) is -0.934. The van der Waals surface area contributed by atoms with Crippen LogP contribution in [0.25, 0.3) is 0 Å². The number of aliphatic hydroxyl groups excluding tert-OH is 1. The lowest BCUT2D eigenvalue weighted by Crippen LogP contribution is -2.36. The van der Waals surface area contributed by atoms with Gasteiger partial charge in [0, 0.05) is 0 Å². The fourth-order valence-corrected chi connectivity index (χ4v) is 1.09. The molecule has 3 nitrogen and oxygen atoms in total. The van der Waals surface area contributed by atoms with Crippen LogP contribution in [0, 0.1) is 5.41 Å². The van der Waals surface area contributed by atoms with Gasteiger partial charge in [-0.1, -0.05) is 26.2 Å². The zero-order valence-corrected chi connectivity index (χ0v) is 8.71. The number of unbranched alkanes of at least 4 members (excludes halogenated alkanes) is 2. The Morgan fingerprint density at radius 1 is 1.38 bits per heavy atom. The SMILES string of the molecule is CCCCC[C@@H](O)C(C)(C)C(=O)O. The number of carboxylic acid groups (broad SMARTS) is 1. The van der Waals surface area contributed by atoms with Crippen LogP contribution in [0.3, 0.4) is 0 Å². The Bertz CT molecular complexity index is 164. The third-order valence-electron chi connectivity index (χ3n) is 2.47. The van der Waals surface area contributed by atoms with Gasteiger partial charge in [-0.3, -0.25) is 4.79 Å². The highest BCUT2D eigenvalue weighted by molar-refractivity contribution is 5.74. The van der Waals surface area contributed by atoms with E-state index in [0.29, 0.717) is 6.42 Å². The molecule has 0 saturated carbocycles. The molecule has 0 amide bonds. The summed E-state index contributed by atoms with van der Waals surface area (Å²) in [5, 5.41) is 18.4. The predicted octanol–water partition coefficient (Wildman–Crippen LogP) is 2.04. The lowest BCUT2D eigenvalue weighted by Gasteiger charge is -2.25. The van der Waals surface area contributed by atoms with Crippen LogP contribution in [0.4, 0.5) is 0 Å². The molecule has 0 spiro atoms. The average molecular weight is 188 g/mol. The Morgan fingerprint density at radius 3 is 2.31 bits per heavy atom. The molecule has 0 aliphatic heterocycles. The first-order chi connectivity index (χ1) is 5.92. The van der Waals surface area contributed by atoms with Crippen molar-refractivity contribution < 1.29 is 15.0 Å². The van der Waals surface area contributed by atoms with E-state index in [1.54, 1.807) is 13.8 Å². The topological polar surface area (TPSA) is 57.5 Å². The van der Waals surface area contributed by atoms with Crippen LogP contribution >= 0.6 is 0 Å². The molecule has 0 heterocycles. The lowest BCUT2D eigenvalue weighted by atomic mass is 9.84. The van der Waals surface area contributed by atoms with Crippen molar-refractivity contribution in [2.24, 2.45) is 5.41 Å². The van der Waals surface area contributed by atoms with Crippen LogP contribution in [0.15, 0.2) is 0 Å². The summed E-state index contributed by atoms with van der Waals surface area (Å²) < 4.78 is 0. The maximum atomic E-state index is 10.7. The van der Waals surface area contributed by atoms with E-state index in [-0.39, 0.29) is 0 Å². The molecule has 0 radical (unpaired) electrons. The van der Waals surface area contributed by atoms with Gasteiger partial charge < -0.3 is 10.2 Å². The normalized spacial score (nSPS) is 14.2. The Morgan fingerprint density at radius 2 is 1.92 bits per heavy atom. The van der Waals surface area contributed by atoms with Gasteiger partial charge in [-0.2, -0.15) is 0 Å². The first kappa shape index (κ1) is 12.4. The molecule has 78 valence electrons. The second-order valence-electron chi connectivity index (χ2n) is 4.04. The molecule has 2 N–H and O–H groups in total. The van der Waals surface area contributed by atoms with Gasteiger partial charge in [0.1, 0.15) is 0 Å². The number of carbonyl (C=O) groups is 1. The molecular weight excluding hydrogens is 168 g/mol. The molecule has 0 fully saturated rings. The molecule has 3 heteroatoms. The minimum atomic E-state index is -1.02. The van der Waals surface area contributed by atoms with E-state index in [1.807, 2.05) is 0 Å². The van der Waals surface area contributed by atoms with Gasteiger partial charge >= 0.3 is 5.97 Å². The zero-order chi connectivity index (χ0) is 10.5. The van der Waals surface area contributed by atoms with Crippen LogP contribution in [0.2, 0.25) is 0 Å². The van der Waals surface area contributed by atoms with Gasteiger partial charge in [0.05, 0.1) is 11.5 Å². The Kier molecular flexibility index (Phi) is 4.99. The quantitative estimate of drug-likeness (QED) is 0.627. The van der Waals surface area contributed by atoms with Crippen LogP contribution in [0.5, 0.6) is 0 Å². The van der Waals surface area contributed by atoms with Crippen LogP contribution in [-0.4, -0.2) is 22.3 Å². The molecule has 0 saturated heterocycles. The number of rotatable bonds is 6. The van der Waals surface area contributed by atoms with Crippen molar-refractivity contribution in [3.63, 3.8) is 0 Å². The van der Waals surface area contributed by atoms with Gasteiger partial charge in [0.25, 0.3) is 0 Å². The molecule has 0 rings (SSSR count). The molecular formula is C10H20O3. The molecule has 13 heavy (non-hydrogen) atoms. The van der Waals surface area contributed by atoms with Gasteiger partial charge in [-0.15, -0.1) is 0 Å². The molecule has 0 unspecified atom stereocenters. The van der Waals surface area contributed by atoms with Crippen LogP contribution in [0.1, 0.15) is 46.5 Å². The van der Waals surface area contributed by atoms with E-state index in [9.17, 15) is 9.90 Å². The minimum absolute atomic E-state index is 0.577. The smallest absolute Gasteiger partial charge is 0.311 e. The fraction of sp³-hybridized carbons (Fsp3) is 0.900. The molecule has 0 aliphatic rings. The highest BCUT2D eigenvalue weighted by Gasteiger charge is 2.34. The summed E-state index contributed by atoms with van der Waals surface area (Å²) in [6.45, 7) is 5.20. The van der Waals surface area contributed by atoms with Crippen LogP contribution in [-0.2, 0) is 4.79 Å². The highest BCUT2D eigenvalue weighted by atomic mass is 16.4. The summed E-state index contributed by atoms with van der Waals surface area (Å²) in [6.07, 6.45) is 2.87. The van der Waals surface area contributed by atoms with Crippen molar-refractivity contribution in [3.8, 4) is 0 Å². The number of hydrogen-bond donors (Lipinski definition) is 2. The van der Waals surface area contributed by atoms with E-state index in [4.69, 9.17) is 5.11 Å². The molecule has 1 atom stereocenters. The van der Waals surface area contributed by atoms with Crippen molar-refractivity contribution in [2.75, 3.05) is 0 Å². The first-order valence-electron chi connectivity index (χ1n) is 4.84. The van der Waals surface area contributed by atoms with E-state index >= 15 is 0 Å². The van der Waals surface area contributed by atoms with E-state index in [2.05, 4.69) is 6.92 Å². The van der Waals surface area contributed by atoms with Crippen molar-refractivity contribution in [1.82, 2.24) is 0 Å². The second kappa shape index (κ2) is 5.22. The van der Waals surface area contributed by atoms with E-state index in [0.717, 1.165) is 19.3 Å². The van der Waals surface area contributed by atoms with Crippen molar-refractivity contribution in [2.45, 2.75) is 52.6 Å². The number of hydrogen-bond acceptors (Lipinski definition) is 2. The van der Waals surface area contributed by atoms with Gasteiger partial charge in [-0.05, 0) is 20.3 Å². The summed E-state index contributed by atoms with van der Waals surface area (Å²) >= 11 is 0. The zero-order valence-electron chi connectivity index (χ0n) is 8.71. The molecule has 0 aromatic heterocycles. The van der Waals surface area contributed by atoms with Crippen molar-refractivity contribution >= 4 is 5.97 Å². The first-order valence-corrected chi connectivity index (χ1v) is 4.84. The van der Waals surface area contributed by atoms with Crippen molar-refractivity contribution in [1.29, 1.82) is 0 Å². The predicted molar refractivity (Wildman–Crippen MR) is 51.6 cm³/mol. The molecule has 0 bridgehead atoms. The summed E-state index contributed by atoms with van der Waals surface area (Å²) in [4.78, 5) is 10.7. The summed E-state index contributed by atoms with van der Waals surface area (Å²) in [6, 6.07) is 0. The van der Waals surface area contributed by atoms with E-state index < -0.39 is 17.5 Å². The number of aliphatic carboxylic acids is 1. The maximum Gasteiger partial charge on any atom is 0.311 e. The average Bonchev–Trinajstić information content (AvgIpc) is 2.04. The molecule has 0 aromatic rings. The molecule has 0 aliphatic carbocycles. The standard InChI is InChI=1S/C10H20O3/c1-4-5-6-7-8(11)10(2,3)9(12)13/h8,11H,4-7H2,1-3H3,(H,12,13)/t8-/m1/s1. The maximum absolute atomic E-state index is 10.7. The third kappa shape index (κ3) is 3.77. The van der Waals surface area contributed by atoms with Crippen molar-refractivity contribution in [3.05, 3.63) is 0 Å².